The number of hydrogen-bond donors (Lipinski definition) is 2. The van der Waals surface area contributed by atoms with Crippen LogP contribution in [0.5, 0.6) is 0 Å². The molecule has 1 fully saturated rings. The number of hydrogen-bond acceptors (Lipinski definition) is 3. The van der Waals surface area contributed by atoms with E-state index in [1.165, 1.54) is 0 Å². The predicted molar refractivity (Wildman–Crippen MR) is 80.2 cm³/mol. The first kappa shape index (κ1) is 16.9. The average molecular weight is 357 g/mol. The maximum Gasteiger partial charge on any atom is 0.191 e. The lowest BCUT2D eigenvalue weighted by atomic mass is 9.89. The molecule has 1 aliphatic heterocycles. The van der Waals surface area contributed by atoms with Crippen LogP contribution in [0.15, 0.2) is 4.99 Å². The number of ether oxygens (including phenoxy) is 2. The number of halogens is 1. The zero-order valence-corrected chi connectivity index (χ0v) is 13.2. The van der Waals surface area contributed by atoms with Crippen LogP contribution in [0.4, 0.5) is 0 Å². The van der Waals surface area contributed by atoms with Crippen molar-refractivity contribution in [3.05, 3.63) is 0 Å². The zero-order chi connectivity index (χ0) is 11.9. The van der Waals surface area contributed by atoms with Crippen molar-refractivity contribution >= 4 is 29.9 Å². The highest BCUT2D eigenvalue weighted by Gasteiger charge is 2.33. The lowest BCUT2D eigenvalue weighted by Gasteiger charge is -2.36. The number of rotatable bonds is 6. The lowest BCUT2D eigenvalue weighted by molar-refractivity contribution is -0.0945. The van der Waals surface area contributed by atoms with Crippen LogP contribution in [0.3, 0.4) is 0 Å². The molecule has 2 N–H and O–H groups in total. The van der Waals surface area contributed by atoms with Crippen LogP contribution in [0.2, 0.25) is 0 Å². The van der Waals surface area contributed by atoms with Crippen molar-refractivity contribution in [2.24, 2.45) is 10.4 Å². The van der Waals surface area contributed by atoms with Crippen LogP contribution in [-0.4, -0.2) is 52.5 Å². The third-order valence-electron chi connectivity index (χ3n) is 2.46. The van der Waals surface area contributed by atoms with E-state index in [0.717, 1.165) is 38.8 Å². The highest BCUT2D eigenvalue weighted by molar-refractivity contribution is 14.0. The van der Waals surface area contributed by atoms with E-state index in [2.05, 4.69) is 29.5 Å². The summed E-state index contributed by atoms with van der Waals surface area (Å²) in [5.74, 6) is 0.854. The molecular formula is C11H24IN3O2. The summed E-state index contributed by atoms with van der Waals surface area (Å²) < 4.78 is 10.2. The van der Waals surface area contributed by atoms with Gasteiger partial charge in [0.1, 0.15) is 0 Å². The van der Waals surface area contributed by atoms with Gasteiger partial charge in [-0.05, 0) is 6.92 Å². The van der Waals surface area contributed by atoms with Gasteiger partial charge in [0.15, 0.2) is 5.96 Å². The molecule has 1 rings (SSSR count). The van der Waals surface area contributed by atoms with Crippen LogP contribution in [0, 0.1) is 5.41 Å². The second kappa shape index (κ2) is 8.93. The molecule has 0 aliphatic carbocycles. The first-order valence-electron chi connectivity index (χ1n) is 5.79. The summed E-state index contributed by atoms with van der Waals surface area (Å²) in [6.45, 7) is 9.00. The van der Waals surface area contributed by atoms with Gasteiger partial charge < -0.3 is 20.1 Å². The number of aliphatic imine (C=N–C) groups is 1. The molecule has 0 aromatic heterocycles. The summed E-state index contributed by atoms with van der Waals surface area (Å²) in [6, 6.07) is 0. The van der Waals surface area contributed by atoms with Gasteiger partial charge in [0.2, 0.25) is 0 Å². The summed E-state index contributed by atoms with van der Waals surface area (Å²) in [5, 5.41) is 6.42. The Morgan fingerprint density at radius 1 is 1.41 bits per heavy atom. The van der Waals surface area contributed by atoms with E-state index in [-0.39, 0.29) is 29.4 Å². The number of nitrogens with zero attached hydrogens (tertiary/aromatic N) is 1. The van der Waals surface area contributed by atoms with Crippen LogP contribution in [-0.2, 0) is 9.47 Å². The Hall–Kier alpha value is -0.0800. The Bertz CT molecular complexity index is 233. The smallest absolute Gasteiger partial charge is 0.191 e. The van der Waals surface area contributed by atoms with Crippen molar-refractivity contribution in [2.45, 2.75) is 13.8 Å². The molecule has 0 atom stereocenters. The predicted octanol–water partition coefficient (Wildman–Crippen LogP) is 0.842. The van der Waals surface area contributed by atoms with E-state index < -0.39 is 0 Å². The molecule has 0 radical (unpaired) electrons. The van der Waals surface area contributed by atoms with Crippen molar-refractivity contribution in [1.82, 2.24) is 10.6 Å². The lowest BCUT2D eigenvalue weighted by Crippen LogP contribution is -2.44. The van der Waals surface area contributed by atoms with Gasteiger partial charge in [0.05, 0.1) is 26.4 Å². The molecule has 6 heteroatoms. The van der Waals surface area contributed by atoms with Crippen LogP contribution in [0.1, 0.15) is 13.8 Å². The molecule has 5 nitrogen and oxygen atoms in total. The van der Waals surface area contributed by atoms with Gasteiger partial charge in [0, 0.05) is 25.6 Å². The minimum Gasteiger partial charge on any atom is -0.383 e. The molecule has 102 valence electrons. The highest BCUT2D eigenvalue weighted by atomic mass is 127. The number of guanidine groups is 1. The Morgan fingerprint density at radius 2 is 2.12 bits per heavy atom. The van der Waals surface area contributed by atoms with Crippen LogP contribution < -0.4 is 10.6 Å². The second-order valence-electron chi connectivity index (χ2n) is 4.42. The van der Waals surface area contributed by atoms with E-state index in [4.69, 9.17) is 9.47 Å². The average Bonchev–Trinajstić information content (AvgIpc) is 2.23. The SMILES string of the molecule is CCNC(=NCC1(C)COC1)NCCOC.I. The minimum absolute atomic E-state index is 0. The van der Waals surface area contributed by atoms with Crippen molar-refractivity contribution in [3.8, 4) is 0 Å². The number of nitrogens with one attached hydrogen (secondary N) is 2. The largest absolute Gasteiger partial charge is 0.383 e. The van der Waals surface area contributed by atoms with Gasteiger partial charge in [-0.3, -0.25) is 4.99 Å². The number of methoxy groups -OCH3 is 1. The first-order valence-corrected chi connectivity index (χ1v) is 5.79. The summed E-state index contributed by atoms with van der Waals surface area (Å²) in [4.78, 5) is 4.54. The fourth-order valence-electron chi connectivity index (χ4n) is 1.42. The maximum atomic E-state index is 5.20. The first-order chi connectivity index (χ1) is 7.70. The van der Waals surface area contributed by atoms with Crippen molar-refractivity contribution in [1.29, 1.82) is 0 Å². The van der Waals surface area contributed by atoms with E-state index in [1.807, 2.05) is 0 Å². The molecule has 17 heavy (non-hydrogen) atoms. The van der Waals surface area contributed by atoms with Crippen LogP contribution in [0.25, 0.3) is 0 Å². The fraction of sp³-hybridized carbons (Fsp3) is 0.909. The topological polar surface area (TPSA) is 54.9 Å². The molecule has 0 bridgehead atoms. The van der Waals surface area contributed by atoms with Gasteiger partial charge in [-0.1, -0.05) is 6.92 Å². The van der Waals surface area contributed by atoms with Crippen molar-refractivity contribution in [2.75, 3.05) is 46.6 Å². The Labute approximate surface area is 121 Å². The van der Waals surface area contributed by atoms with Gasteiger partial charge in [-0.2, -0.15) is 0 Å². The molecule has 0 saturated carbocycles. The Balaban J connectivity index is 0.00000256. The highest BCUT2D eigenvalue weighted by Crippen LogP contribution is 2.26. The third kappa shape index (κ3) is 6.42. The summed E-state index contributed by atoms with van der Waals surface area (Å²) in [5.41, 5.74) is 0.226. The van der Waals surface area contributed by atoms with Gasteiger partial charge in [-0.25, -0.2) is 0 Å². The van der Waals surface area contributed by atoms with Crippen LogP contribution >= 0.6 is 24.0 Å². The summed E-state index contributed by atoms with van der Waals surface area (Å²) in [7, 11) is 1.69. The summed E-state index contributed by atoms with van der Waals surface area (Å²) in [6.07, 6.45) is 0. The zero-order valence-electron chi connectivity index (χ0n) is 10.9. The fourth-order valence-corrected chi connectivity index (χ4v) is 1.42. The van der Waals surface area contributed by atoms with E-state index in [0.29, 0.717) is 6.61 Å². The van der Waals surface area contributed by atoms with Gasteiger partial charge in [-0.15, -0.1) is 24.0 Å². The van der Waals surface area contributed by atoms with E-state index in [1.54, 1.807) is 7.11 Å². The van der Waals surface area contributed by atoms with E-state index in [9.17, 15) is 0 Å². The quantitative estimate of drug-likeness (QED) is 0.320. The summed E-state index contributed by atoms with van der Waals surface area (Å²) >= 11 is 0. The molecule has 1 aliphatic rings. The molecule has 0 spiro atoms. The molecular weight excluding hydrogens is 333 g/mol. The Kier molecular flexibility index (Phi) is 8.89. The molecule has 1 saturated heterocycles. The molecule has 0 unspecified atom stereocenters. The molecule has 0 amide bonds. The molecule has 0 aromatic carbocycles. The standard InChI is InChI=1S/C11H23N3O2.HI/c1-4-12-10(13-5-6-15-3)14-7-11(2)8-16-9-11;/h4-9H2,1-3H3,(H2,12,13,14);1H. The monoisotopic (exact) mass is 357 g/mol. The van der Waals surface area contributed by atoms with Crippen molar-refractivity contribution in [3.63, 3.8) is 0 Å². The second-order valence-corrected chi connectivity index (χ2v) is 4.42. The minimum atomic E-state index is 0. The molecule has 0 aromatic rings. The maximum absolute atomic E-state index is 5.20. The third-order valence-corrected chi connectivity index (χ3v) is 2.46. The normalized spacial score (nSPS) is 17.9. The van der Waals surface area contributed by atoms with Crippen molar-refractivity contribution < 1.29 is 9.47 Å². The molecule has 1 heterocycles. The van der Waals surface area contributed by atoms with Gasteiger partial charge in [0.25, 0.3) is 0 Å². The van der Waals surface area contributed by atoms with E-state index >= 15 is 0 Å². The van der Waals surface area contributed by atoms with Gasteiger partial charge >= 0.3 is 0 Å². The Morgan fingerprint density at radius 3 is 2.59 bits per heavy atom.